The van der Waals surface area contributed by atoms with E-state index in [1.807, 2.05) is 36.5 Å². The smallest absolute Gasteiger partial charge is 0.204 e. The van der Waals surface area contributed by atoms with Gasteiger partial charge in [0.1, 0.15) is 5.75 Å². The normalized spacial score (nSPS) is 11.1. The van der Waals surface area contributed by atoms with E-state index in [0.29, 0.717) is 0 Å². The Morgan fingerprint density at radius 3 is 2.34 bits per heavy atom. The molecule has 180 valence electrons. The van der Waals surface area contributed by atoms with Crippen molar-refractivity contribution in [1.82, 2.24) is 4.98 Å². The van der Waals surface area contributed by atoms with Crippen LogP contribution in [0.1, 0.15) is 50.2 Å². The fourth-order valence-electron chi connectivity index (χ4n) is 3.77. The van der Waals surface area contributed by atoms with Crippen molar-refractivity contribution < 1.29 is 4.74 Å². The summed E-state index contributed by atoms with van der Waals surface area (Å²) in [7, 11) is 0. The number of ether oxygens (including phenoxy) is 1. The Hall–Kier alpha value is -3.44. The number of nitrogens with zero attached hydrogens (tertiary/aromatic N) is 2. The molecule has 3 aromatic carbocycles. The fraction of sp³-hybridized carbons (Fsp3) is 0.267. The van der Waals surface area contributed by atoms with Crippen LogP contribution in [0.3, 0.4) is 0 Å². The molecule has 1 N–H and O–H groups in total. The molecule has 0 atom stereocenters. The number of nitrogens with one attached hydrogen (secondary N) is 1. The Bertz CT molecular complexity index is 1200. The monoisotopic (exact) mass is 483 g/mol. The molecule has 35 heavy (non-hydrogen) atoms. The van der Waals surface area contributed by atoms with E-state index >= 15 is 0 Å². The molecule has 0 unspecified atom stereocenters. The lowest BCUT2D eigenvalue weighted by atomic mass is 10.1. The van der Waals surface area contributed by atoms with Gasteiger partial charge in [-0.2, -0.15) is 5.10 Å². The van der Waals surface area contributed by atoms with Crippen molar-refractivity contribution >= 4 is 22.7 Å². The SMILES string of the molecule is CCCCCCCOc1ccc(/C=N\Nc2nc(-c3ccc(C)cc3)c(-c3ccccc3)s2)cc1. The molecule has 5 heteroatoms. The Labute approximate surface area is 212 Å². The molecule has 1 heterocycles. The summed E-state index contributed by atoms with van der Waals surface area (Å²) in [4.78, 5) is 5.99. The lowest BCUT2D eigenvalue weighted by Gasteiger charge is -2.06. The Balaban J connectivity index is 1.39. The van der Waals surface area contributed by atoms with Crippen LogP contribution in [0.4, 0.5) is 5.13 Å². The van der Waals surface area contributed by atoms with Crippen LogP contribution in [0.15, 0.2) is 84.0 Å². The second-order valence-electron chi connectivity index (χ2n) is 8.63. The summed E-state index contributed by atoms with van der Waals surface area (Å²) in [6, 6.07) is 26.9. The maximum Gasteiger partial charge on any atom is 0.204 e. The van der Waals surface area contributed by atoms with Gasteiger partial charge in [-0.1, -0.05) is 104 Å². The van der Waals surface area contributed by atoms with Gasteiger partial charge in [-0.15, -0.1) is 0 Å². The third-order valence-electron chi connectivity index (χ3n) is 5.76. The Kier molecular flexibility index (Phi) is 9.07. The van der Waals surface area contributed by atoms with Gasteiger partial charge in [0.05, 0.1) is 23.4 Å². The number of hydrazone groups is 1. The summed E-state index contributed by atoms with van der Waals surface area (Å²) in [5.41, 5.74) is 8.58. The zero-order valence-electron chi connectivity index (χ0n) is 20.5. The van der Waals surface area contributed by atoms with Gasteiger partial charge in [0, 0.05) is 5.56 Å². The van der Waals surface area contributed by atoms with Gasteiger partial charge in [-0.05, 0) is 48.7 Å². The average molecular weight is 484 g/mol. The first-order valence-corrected chi connectivity index (χ1v) is 13.2. The minimum atomic E-state index is 0.763. The molecule has 0 fully saturated rings. The molecule has 0 amide bonds. The van der Waals surface area contributed by atoms with E-state index in [9.17, 15) is 0 Å². The molecule has 0 saturated heterocycles. The van der Waals surface area contributed by atoms with Crippen molar-refractivity contribution in [2.24, 2.45) is 5.10 Å². The van der Waals surface area contributed by atoms with Crippen LogP contribution >= 0.6 is 11.3 Å². The van der Waals surface area contributed by atoms with Gasteiger partial charge in [-0.3, -0.25) is 5.43 Å². The van der Waals surface area contributed by atoms with Gasteiger partial charge in [-0.25, -0.2) is 4.98 Å². The van der Waals surface area contributed by atoms with E-state index in [1.54, 1.807) is 11.3 Å². The molecule has 0 aliphatic rings. The second kappa shape index (κ2) is 12.9. The summed E-state index contributed by atoms with van der Waals surface area (Å²) < 4.78 is 5.85. The van der Waals surface area contributed by atoms with E-state index in [4.69, 9.17) is 9.72 Å². The molecule has 0 radical (unpaired) electrons. The quantitative estimate of drug-likeness (QED) is 0.125. The highest BCUT2D eigenvalue weighted by Crippen LogP contribution is 2.39. The maximum absolute atomic E-state index is 5.85. The molecule has 0 saturated carbocycles. The number of aromatic nitrogens is 1. The van der Waals surface area contributed by atoms with E-state index in [2.05, 4.69) is 72.9 Å². The van der Waals surface area contributed by atoms with Crippen molar-refractivity contribution in [3.05, 3.63) is 90.0 Å². The van der Waals surface area contributed by atoms with Crippen molar-refractivity contribution in [2.75, 3.05) is 12.0 Å². The van der Waals surface area contributed by atoms with Crippen molar-refractivity contribution in [1.29, 1.82) is 0 Å². The topological polar surface area (TPSA) is 46.5 Å². The number of benzene rings is 3. The largest absolute Gasteiger partial charge is 0.494 e. The average Bonchev–Trinajstić information content (AvgIpc) is 3.32. The predicted molar refractivity (Wildman–Crippen MR) is 150 cm³/mol. The molecule has 0 aliphatic carbocycles. The molecule has 0 aliphatic heterocycles. The van der Waals surface area contributed by atoms with Gasteiger partial charge in [0.25, 0.3) is 0 Å². The predicted octanol–water partition coefficient (Wildman–Crippen LogP) is 8.58. The third-order valence-corrected chi connectivity index (χ3v) is 6.77. The molecule has 0 spiro atoms. The summed E-state index contributed by atoms with van der Waals surface area (Å²) in [6.07, 6.45) is 8.02. The zero-order chi connectivity index (χ0) is 24.3. The number of unbranched alkanes of at least 4 members (excludes halogenated alkanes) is 4. The van der Waals surface area contributed by atoms with Crippen LogP contribution in [0.25, 0.3) is 21.7 Å². The van der Waals surface area contributed by atoms with Gasteiger partial charge in [0.15, 0.2) is 0 Å². The third kappa shape index (κ3) is 7.27. The molecule has 0 bridgehead atoms. The van der Waals surface area contributed by atoms with E-state index < -0.39 is 0 Å². The highest BCUT2D eigenvalue weighted by Gasteiger charge is 2.14. The first kappa shape index (κ1) is 24.7. The molecule has 1 aromatic heterocycles. The van der Waals surface area contributed by atoms with Crippen LogP contribution in [-0.4, -0.2) is 17.8 Å². The van der Waals surface area contributed by atoms with Crippen LogP contribution in [0, 0.1) is 6.92 Å². The molecule has 4 rings (SSSR count). The van der Waals surface area contributed by atoms with Crippen molar-refractivity contribution in [2.45, 2.75) is 46.0 Å². The first-order valence-electron chi connectivity index (χ1n) is 12.4. The van der Waals surface area contributed by atoms with Crippen LogP contribution in [0.5, 0.6) is 5.75 Å². The lowest BCUT2D eigenvalue weighted by Crippen LogP contribution is -1.97. The maximum atomic E-state index is 5.85. The number of rotatable bonds is 12. The van der Waals surface area contributed by atoms with Crippen molar-refractivity contribution in [3.63, 3.8) is 0 Å². The summed E-state index contributed by atoms with van der Waals surface area (Å²) in [5, 5.41) is 5.20. The Morgan fingerprint density at radius 2 is 1.60 bits per heavy atom. The minimum absolute atomic E-state index is 0.763. The number of thiazole rings is 1. The lowest BCUT2D eigenvalue weighted by molar-refractivity contribution is 0.304. The van der Waals surface area contributed by atoms with Gasteiger partial charge < -0.3 is 4.74 Å². The molecular formula is C30H33N3OS. The van der Waals surface area contributed by atoms with Crippen molar-refractivity contribution in [3.8, 4) is 27.4 Å². The second-order valence-corrected chi connectivity index (χ2v) is 9.63. The summed E-state index contributed by atoms with van der Waals surface area (Å²) in [6.45, 7) is 5.10. The Morgan fingerprint density at radius 1 is 0.857 bits per heavy atom. The summed E-state index contributed by atoms with van der Waals surface area (Å²) >= 11 is 1.61. The standard InChI is InChI=1S/C30H33N3OS/c1-3-4-5-6-10-21-34-27-19-15-24(16-20-27)22-31-33-30-32-28(25-17-13-23(2)14-18-25)29(35-30)26-11-8-7-9-12-26/h7-9,11-20,22H,3-6,10,21H2,1-2H3,(H,32,33)/b31-22-. The van der Waals surface area contributed by atoms with Gasteiger partial charge in [0.2, 0.25) is 5.13 Å². The molecular weight excluding hydrogens is 450 g/mol. The number of anilines is 1. The van der Waals surface area contributed by atoms with Crippen LogP contribution in [-0.2, 0) is 0 Å². The number of hydrogen-bond donors (Lipinski definition) is 1. The minimum Gasteiger partial charge on any atom is -0.494 e. The first-order chi connectivity index (χ1) is 17.2. The highest BCUT2D eigenvalue weighted by molar-refractivity contribution is 7.19. The molecule has 4 nitrogen and oxygen atoms in total. The fourth-order valence-corrected chi connectivity index (χ4v) is 4.71. The number of aryl methyl sites for hydroxylation is 1. The molecule has 4 aromatic rings. The summed E-state index contributed by atoms with van der Waals surface area (Å²) in [5.74, 6) is 0.903. The van der Waals surface area contributed by atoms with E-state index in [0.717, 1.165) is 51.2 Å². The van der Waals surface area contributed by atoms with Crippen LogP contribution in [0.2, 0.25) is 0 Å². The highest BCUT2D eigenvalue weighted by atomic mass is 32.1. The van der Waals surface area contributed by atoms with Gasteiger partial charge >= 0.3 is 0 Å². The number of hydrogen-bond acceptors (Lipinski definition) is 5. The van der Waals surface area contributed by atoms with E-state index in [1.165, 1.54) is 31.2 Å². The zero-order valence-corrected chi connectivity index (χ0v) is 21.4. The van der Waals surface area contributed by atoms with E-state index in [-0.39, 0.29) is 0 Å². The van der Waals surface area contributed by atoms with Crippen LogP contribution < -0.4 is 10.2 Å².